The molecule has 0 aliphatic heterocycles. The number of aryl methyl sites for hydroxylation is 1. The first-order valence-electron chi connectivity index (χ1n) is 5.25. The van der Waals surface area contributed by atoms with Crippen LogP contribution >= 0.6 is 22.6 Å². The van der Waals surface area contributed by atoms with Crippen molar-refractivity contribution in [3.05, 3.63) is 21.4 Å². The molecule has 0 aliphatic carbocycles. The summed E-state index contributed by atoms with van der Waals surface area (Å²) in [5.41, 5.74) is 1.52. The number of halogens is 1. The molecule has 0 saturated carbocycles. The van der Waals surface area contributed by atoms with Crippen LogP contribution in [0.15, 0.2) is 12.1 Å². The number of nitrogens with one attached hydrogen (secondary N) is 1. The van der Waals surface area contributed by atoms with Gasteiger partial charge in [0.25, 0.3) is 0 Å². The van der Waals surface area contributed by atoms with Gasteiger partial charge in [-0.25, -0.2) is 9.97 Å². The van der Waals surface area contributed by atoms with Crippen LogP contribution in [0.5, 0.6) is 5.88 Å². The Morgan fingerprint density at radius 3 is 2.56 bits per heavy atom. The second-order valence-corrected chi connectivity index (χ2v) is 4.58. The third-order valence-corrected chi connectivity index (χ3v) is 3.62. The monoisotopic (exact) mass is 357 g/mol. The molecule has 0 fully saturated rings. The molecule has 94 valence electrons. The van der Waals surface area contributed by atoms with Gasteiger partial charge in [0, 0.05) is 13.1 Å². The number of methoxy groups -OCH3 is 1. The Kier molecular flexibility index (Phi) is 3.90. The molecule has 1 N–H and O–H groups in total. The van der Waals surface area contributed by atoms with Gasteiger partial charge in [-0.15, -0.1) is 10.2 Å². The highest BCUT2D eigenvalue weighted by molar-refractivity contribution is 14.1. The Hall–Kier alpha value is -1.51. The standard InChI is InChI=1S/C11H12IN5O/c1-6-9(12)11(13-2)15-10(14-6)7-4-5-8(18-3)17-16-7/h4-5H,1-3H3,(H,13,14,15). The molecule has 0 aliphatic rings. The quantitative estimate of drug-likeness (QED) is 0.846. The van der Waals surface area contributed by atoms with Gasteiger partial charge in [-0.1, -0.05) is 0 Å². The van der Waals surface area contributed by atoms with Crippen LogP contribution in [0.3, 0.4) is 0 Å². The van der Waals surface area contributed by atoms with Crippen LogP contribution in [-0.4, -0.2) is 34.3 Å². The van der Waals surface area contributed by atoms with Crippen molar-refractivity contribution >= 4 is 28.4 Å². The molecule has 0 aromatic carbocycles. The Bertz CT molecular complexity index is 558. The molecule has 6 nitrogen and oxygen atoms in total. The van der Waals surface area contributed by atoms with E-state index in [9.17, 15) is 0 Å². The van der Waals surface area contributed by atoms with Gasteiger partial charge in [0.2, 0.25) is 5.88 Å². The minimum absolute atomic E-state index is 0.467. The van der Waals surface area contributed by atoms with Gasteiger partial charge in [0.05, 0.1) is 16.4 Å². The smallest absolute Gasteiger partial charge is 0.233 e. The molecule has 0 unspecified atom stereocenters. The number of anilines is 1. The number of hydrogen-bond donors (Lipinski definition) is 1. The van der Waals surface area contributed by atoms with Crippen LogP contribution in [0.1, 0.15) is 5.69 Å². The van der Waals surface area contributed by atoms with Crippen molar-refractivity contribution in [1.82, 2.24) is 20.2 Å². The molecular weight excluding hydrogens is 345 g/mol. The first-order chi connectivity index (χ1) is 8.65. The largest absolute Gasteiger partial charge is 0.480 e. The summed E-state index contributed by atoms with van der Waals surface area (Å²) < 4.78 is 5.97. The average molecular weight is 357 g/mol. The van der Waals surface area contributed by atoms with Crippen LogP contribution in [0.4, 0.5) is 5.82 Å². The van der Waals surface area contributed by atoms with Crippen molar-refractivity contribution in [2.24, 2.45) is 0 Å². The van der Waals surface area contributed by atoms with Gasteiger partial charge in [-0.2, -0.15) is 0 Å². The van der Waals surface area contributed by atoms with Crippen molar-refractivity contribution in [1.29, 1.82) is 0 Å². The van der Waals surface area contributed by atoms with Crippen LogP contribution in [-0.2, 0) is 0 Å². The molecule has 7 heteroatoms. The third kappa shape index (κ3) is 2.50. The summed E-state index contributed by atoms with van der Waals surface area (Å²) >= 11 is 2.21. The van der Waals surface area contributed by atoms with E-state index in [-0.39, 0.29) is 0 Å². The predicted octanol–water partition coefficient (Wildman–Crippen LogP) is 1.90. The number of ether oxygens (including phenoxy) is 1. The summed E-state index contributed by atoms with van der Waals surface area (Å²) in [4.78, 5) is 8.81. The molecule has 2 aromatic rings. The normalized spacial score (nSPS) is 10.2. The van der Waals surface area contributed by atoms with Gasteiger partial charge in [-0.05, 0) is 35.6 Å². The summed E-state index contributed by atoms with van der Waals surface area (Å²) in [6.07, 6.45) is 0. The van der Waals surface area contributed by atoms with E-state index in [1.54, 1.807) is 19.2 Å². The van der Waals surface area contributed by atoms with E-state index in [4.69, 9.17) is 4.74 Å². The number of nitrogens with zero attached hydrogens (tertiary/aromatic N) is 4. The molecule has 2 aromatic heterocycles. The van der Waals surface area contributed by atoms with E-state index < -0.39 is 0 Å². The number of aromatic nitrogens is 4. The van der Waals surface area contributed by atoms with Crippen LogP contribution in [0.2, 0.25) is 0 Å². The van der Waals surface area contributed by atoms with Gasteiger partial charge < -0.3 is 10.1 Å². The minimum atomic E-state index is 0.467. The highest BCUT2D eigenvalue weighted by Crippen LogP contribution is 2.22. The number of rotatable bonds is 3. The molecule has 0 bridgehead atoms. The van der Waals surface area contributed by atoms with Crippen molar-refractivity contribution in [2.45, 2.75) is 6.92 Å². The number of hydrogen-bond acceptors (Lipinski definition) is 6. The molecule has 2 heterocycles. The van der Waals surface area contributed by atoms with Gasteiger partial charge in [0.1, 0.15) is 11.5 Å². The summed E-state index contributed by atoms with van der Waals surface area (Å²) in [6, 6.07) is 3.52. The molecule has 2 rings (SSSR count). The molecule has 0 atom stereocenters. The molecule has 18 heavy (non-hydrogen) atoms. The van der Waals surface area contributed by atoms with Crippen molar-refractivity contribution < 1.29 is 4.74 Å². The second-order valence-electron chi connectivity index (χ2n) is 3.51. The van der Waals surface area contributed by atoms with Gasteiger partial charge >= 0.3 is 0 Å². The Morgan fingerprint density at radius 2 is 2.00 bits per heavy atom. The van der Waals surface area contributed by atoms with E-state index in [2.05, 4.69) is 48.1 Å². The fourth-order valence-corrected chi connectivity index (χ4v) is 1.90. The van der Waals surface area contributed by atoms with Gasteiger partial charge in [-0.3, -0.25) is 0 Å². The van der Waals surface area contributed by atoms with E-state index in [1.165, 1.54) is 0 Å². The summed E-state index contributed by atoms with van der Waals surface area (Å²) in [7, 11) is 3.38. The fraction of sp³-hybridized carbons (Fsp3) is 0.273. The summed E-state index contributed by atoms with van der Waals surface area (Å²) in [5, 5.41) is 11.0. The van der Waals surface area contributed by atoms with Crippen LogP contribution in [0.25, 0.3) is 11.5 Å². The van der Waals surface area contributed by atoms with Crippen LogP contribution in [0, 0.1) is 10.5 Å². The lowest BCUT2D eigenvalue weighted by Gasteiger charge is -2.08. The van der Waals surface area contributed by atoms with Crippen LogP contribution < -0.4 is 10.1 Å². The minimum Gasteiger partial charge on any atom is -0.480 e. The second kappa shape index (κ2) is 5.42. The molecule has 0 spiro atoms. The third-order valence-electron chi connectivity index (χ3n) is 2.33. The lowest BCUT2D eigenvalue weighted by atomic mass is 10.3. The van der Waals surface area contributed by atoms with E-state index in [1.807, 2.05) is 14.0 Å². The highest BCUT2D eigenvalue weighted by Gasteiger charge is 2.11. The predicted molar refractivity (Wildman–Crippen MR) is 76.6 cm³/mol. The lowest BCUT2D eigenvalue weighted by Crippen LogP contribution is -2.04. The zero-order valence-corrected chi connectivity index (χ0v) is 12.4. The van der Waals surface area contributed by atoms with Crippen molar-refractivity contribution in [3.63, 3.8) is 0 Å². The lowest BCUT2D eigenvalue weighted by molar-refractivity contribution is 0.392. The topological polar surface area (TPSA) is 72.8 Å². The highest BCUT2D eigenvalue weighted by atomic mass is 127. The maximum atomic E-state index is 4.96. The van der Waals surface area contributed by atoms with E-state index in [0.29, 0.717) is 17.4 Å². The maximum absolute atomic E-state index is 4.96. The first kappa shape index (κ1) is 12.9. The SMILES string of the molecule is CNc1nc(-c2ccc(OC)nn2)nc(C)c1I. The zero-order chi connectivity index (χ0) is 13.1. The molecule has 0 saturated heterocycles. The first-order valence-corrected chi connectivity index (χ1v) is 6.33. The molecular formula is C11H12IN5O. The molecule has 0 amide bonds. The van der Waals surface area contributed by atoms with E-state index >= 15 is 0 Å². The Labute approximate surface area is 118 Å². The summed E-state index contributed by atoms with van der Waals surface area (Å²) in [6.45, 7) is 1.94. The van der Waals surface area contributed by atoms with Crippen molar-refractivity contribution in [2.75, 3.05) is 19.5 Å². The van der Waals surface area contributed by atoms with Gasteiger partial charge in [0.15, 0.2) is 5.82 Å². The van der Waals surface area contributed by atoms with Crippen molar-refractivity contribution in [3.8, 4) is 17.4 Å². The summed E-state index contributed by atoms with van der Waals surface area (Å²) in [5.74, 6) is 1.80. The molecule has 0 radical (unpaired) electrons. The maximum Gasteiger partial charge on any atom is 0.233 e. The Balaban J connectivity index is 2.46. The zero-order valence-electron chi connectivity index (χ0n) is 10.2. The fourth-order valence-electron chi connectivity index (χ4n) is 1.39. The Morgan fingerprint density at radius 1 is 1.22 bits per heavy atom. The van der Waals surface area contributed by atoms with E-state index in [0.717, 1.165) is 15.1 Å². The average Bonchev–Trinajstić information content (AvgIpc) is 2.42.